The van der Waals surface area contributed by atoms with Crippen molar-refractivity contribution in [2.24, 2.45) is 0 Å². The molecule has 1 N–H and O–H groups in total. The summed E-state index contributed by atoms with van der Waals surface area (Å²) in [6, 6.07) is 10.9. The zero-order valence-corrected chi connectivity index (χ0v) is 17.0. The number of piperidine rings is 2. The first kappa shape index (κ1) is 20.0. The van der Waals surface area contributed by atoms with Crippen LogP contribution in [0.1, 0.15) is 48.2 Å². The largest absolute Gasteiger partial charge is 0.392 e. The molecule has 2 fully saturated rings. The Kier molecular flexibility index (Phi) is 6.56. The molecule has 29 heavy (non-hydrogen) atoms. The summed E-state index contributed by atoms with van der Waals surface area (Å²) in [4.78, 5) is 17.1. The maximum Gasteiger partial charge on any atom is 0.276 e. The molecule has 7 heteroatoms. The van der Waals surface area contributed by atoms with Crippen molar-refractivity contribution in [1.29, 1.82) is 0 Å². The average Bonchev–Trinajstić information content (AvgIpc) is 3.23. The topological polar surface area (TPSA) is 74.5 Å². The lowest BCUT2D eigenvalue weighted by Crippen LogP contribution is -2.50. The molecule has 2 aliphatic rings. The number of likely N-dealkylation sites (tertiary alicyclic amines) is 2. The van der Waals surface area contributed by atoms with Crippen LogP contribution in [-0.4, -0.2) is 74.1 Å². The van der Waals surface area contributed by atoms with Crippen molar-refractivity contribution in [3.63, 3.8) is 0 Å². The molecule has 4 rings (SSSR count). The predicted molar refractivity (Wildman–Crippen MR) is 111 cm³/mol. The van der Waals surface area contributed by atoms with E-state index in [9.17, 15) is 9.90 Å². The van der Waals surface area contributed by atoms with E-state index in [1.165, 1.54) is 5.56 Å². The van der Waals surface area contributed by atoms with Gasteiger partial charge >= 0.3 is 0 Å². The van der Waals surface area contributed by atoms with E-state index in [1.807, 2.05) is 11.0 Å². The highest BCUT2D eigenvalue weighted by Gasteiger charge is 2.30. The monoisotopic (exact) mass is 397 g/mol. The predicted octanol–water partition coefficient (Wildman–Crippen LogP) is 1.97. The van der Waals surface area contributed by atoms with Crippen molar-refractivity contribution in [2.45, 2.75) is 57.2 Å². The number of aryl methyl sites for hydroxylation is 2. The van der Waals surface area contributed by atoms with E-state index in [-0.39, 0.29) is 12.0 Å². The van der Waals surface area contributed by atoms with Crippen LogP contribution in [0.5, 0.6) is 0 Å². The van der Waals surface area contributed by atoms with E-state index < -0.39 is 0 Å². The summed E-state index contributed by atoms with van der Waals surface area (Å²) in [7, 11) is 0. The van der Waals surface area contributed by atoms with Gasteiger partial charge in [0, 0.05) is 32.2 Å². The zero-order chi connectivity index (χ0) is 20.1. The van der Waals surface area contributed by atoms with Gasteiger partial charge in [-0.1, -0.05) is 35.5 Å². The van der Waals surface area contributed by atoms with Gasteiger partial charge in [-0.15, -0.1) is 5.10 Å². The molecule has 1 aromatic carbocycles. The summed E-state index contributed by atoms with van der Waals surface area (Å²) < 4.78 is 1.78. The number of hydrogen-bond acceptors (Lipinski definition) is 5. The first-order valence-corrected chi connectivity index (χ1v) is 10.8. The van der Waals surface area contributed by atoms with Crippen LogP contribution in [0.2, 0.25) is 0 Å². The molecule has 2 aliphatic heterocycles. The maximum atomic E-state index is 12.8. The fraction of sp³-hybridized carbons (Fsp3) is 0.591. The number of hydrogen-bond donors (Lipinski definition) is 1. The molecule has 1 aromatic heterocycles. The first-order valence-electron chi connectivity index (χ1n) is 10.8. The van der Waals surface area contributed by atoms with Crippen LogP contribution in [0.4, 0.5) is 0 Å². The molecule has 1 atom stereocenters. The second kappa shape index (κ2) is 9.50. The maximum absolute atomic E-state index is 12.8. The van der Waals surface area contributed by atoms with Crippen LogP contribution < -0.4 is 0 Å². The van der Waals surface area contributed by atoms with Crippen molar-refractivity contribution in [3.8, 4) is 0 Å². The smallest absolute Gasteiger partial charge is 0.276 e. The molecule has 2 aromatic rings. The molecule has 1 amide bonds. The lowest BCUT2D eigenvalue weighted by atomic mass is 9.99. The van der Waals surface area contributed by atoms with E-state index in [0.717, 1.165) is 71.2 Å². The number of aliphatic hydroxyl groups is 1. The summed E-state index contributed by atoms with van der Waals surface area (Å²) in [6.45, 7) is 4.09. The molecule has 7 nitrogen and oxygen atoms in total. The van der Waals surface area contributed by atoms with Crippen molar-refractivity contribution in [3.05, 3.63) is 47.8 Å². The molecular weight excluding hydrogens is 366 g/mol. The summed E-state index contributed by atoms with van der Waals surface area (Å²) in [6.07, 6.45) is 7.44. The Balaban J connectivity index is 1.24. The van der Waals surface area contributed by atoms with Crippen LogP contribution in [0, 0.1) is 0 Å². The molecule has 0 aliphatic carbocycles. The van der Waals surface area contributed by atoms with Crippen LogP contribution in [-0.2, 0) is 13.0 Å². The van der Waals surface area contributed by atoms with Gasteiger partial charge in [0.25, 0.3) is 5.91 Å². The van der Waals surface area contributed by atoms with Gasteiger partial charge in [-0.25, -0.2) is 0 Å². The number of carbonyl (C=O) groups excluding carboxylic acids is 1. The van der Waals surface area contributed by atoms with Gasteiger partial charge in [-0.3, -0.25) is 14.4 Å². The molecule has 3 heterocycles. The van der Waals surface area contributed by atoms with Crippen molar-refractivity contribution in [2.75, 3.05) is 26.2 Å². The summed E-state index contributed by atoms with van der Waals surface area (Å²) in [5.74, 6) is -0.0172. The Morgan fingerprint density at radius 1 is 1.10 bits per heavy atom. The molecule has 156 valence electrons. The SMILES string of the molecule is O=C(c1cn(CCCc2ccccc2)nn1)N1CCC(N2CCCC(O)C2)CC1. The molecular formula is C22H31N5O2. The van der Waals surface area contributed by atoms with E-state index in [1.54, 1.807) is 10.9 Å². The fourth-order valence-electron chi connectivity index (χ4n) is 4.51. The molecule has 0 saturated carbocycles. The third kappa shape index (κ3) is 5.22. The molecule has 0 radical (unpaired) electrons. The molecule has 2 saturated heterocycles. The number of aromatic nitrogens is 3. The standard InChI is InChI=1S/C22H31N5O2/c28-20-9-5-12-26(16-20)19-10-14-25(15-11-19)22(29)21-17-27(24-23-21)13-4-8-18-6-2-1-3-7-18/h1-3,6-7,17,19-20,28H,4-5,8-16H2. The minimum absolute atomic E-state index is 0.0172. The summed E-state index contributed by atoms with van der Waals surface area (Å²) in [5.41, 5.74) is 1.75. The number of benzene rings is 1. The van der Waals surface area contributed by atoms with Gasteiger partial charge in [0.05, 0.1) is 12.3 Å². The Hall–Kier alpha value is -2.25. The fourth-order valence-corrected chi connectivity index (χ4v) is 4.51. The van der Waals surface area contributed by atoms with E-state index in [0.29, 0.717) is 11.7 Å². The van der Waals surface area contributed by atoms with Crippen LogP contribution in [0.3, 0.4) is 0 Å². The quantitative estimate of drug-likeness (QED) is 0.807. The minimum atomic E-state index is -0.194. The number of amides is 1. The minimum Gasteiger partial charge on any atom is -0.392 e. The molecule has 0 spiro atoms. The van der Waals surface area contributed by atoms with Crippen LogP contribution in [0.25, 0.3) is 0 Å². The second-order valence-corrected chi connectivity index (χ2v) is 8.27. The number of nitrogens with zero attached hydrogens (tertiary/aromatic N) is 5. The van der Waals surface area contributed by atoms with E-state index in [2.05, 4.69) is 39.5 Å². The van der Waals surface area contributed by atoms with Crippen LogP contribution in [0.15, 0.2) is 36.5 Å². The Morgan fingerprint density at radius 3 is 2.66 bits per heavy atom. The Morgan fingerprint density at radius 2 is 1.90 bits per heavy atom. The zero-order valence-electron chi connectivity index (χ0n) is 17.0. The summed E-state index contributed by atoms with van der Waals surface area (Å²) >= 11 is 0. The van der Waals surface area contributed by atoms with Crippen molar-refractivity contribution in [1.82, 2.24) is 24.8 Å². The first-order chi connectivity index (χ1) is 14.2. The third-order valence-electron chi connectivity index (χ3n) is 6.15. The van der Waals surface area contributed by atoms with Crippen molar-refractivity contribution >= 4 is 5.91 Å². The Bertz CT molecular complexity index is 786. The Labute approximate surface area is 172 Å². The van der Waals surface area contributed by atoms with Gasteiger partial charge in [0.15, 0.2) is 5.69 Å². The van der Waals surface area contributed by atoms with Crippen molar-refractivity contribution < 1.29 is 9.90 Å². The van der Waals surface area contributed by atoms with Gasteiger partial charge in [-0.05, 0) is 50.6 Å². The van der Waals surface area contributed by atoms with Crippen LogP contribution >= 0.6 is 0 Å². The highest BCUT2D eigenvalue weighted by atomic mass is 16.3. The third-order valence-corrected chi connectivity index (χ3v) is 6.15. The van der Waals surface area contributed by atoms with E-state index >= 15 is 0 Å². The highest BCUT2D eigenvalue weighted by Crippen LogP contribution is 2.22. The number of aliphatic hydroxyl groups excluding tert-OH is 1. The molecule has 1 unspecified atom stereocenters. The second-order valence-electron chi connectivity index (χ2n) is 8.27. The number of carbonyl (C=O) groups is 1. The highest BCUT2D eigenvalue weighted by molar-refractivity contribution is 5.92. The van der Waals surface area contributed by atoms with E-state index in [4.69, 9.17) is 0 Å². The van der Waals surface area contributed by atoms with Gasteiger partial charge < -0.3 is 10.0 Å². The summed E-state index contributed by atoms with van der Waals surface area (Å²) in [5, 5.41) is 18.2. The lowest BCUT2D eigenvalue weighted by molar-refractivity contribution is 0.0239. The lowest BCUT2D eigenvalue weighted by Gasteiger charge is -2.41. The number of β-amino-alcohol motifs (C(OH)–C–C–N with tert-alkyl or cyclic N) is 1. The van der Waals surface area contributed by atoms with Gasteiger partial charge in [0.1, 0.15) is 0 Å². The normalized spacial score (nSPS) is 21.4. The van der Waals surface area contributed by atoms with Gasteiger partial charge in [-0.2, -0.15) is 0 Å². The molecule has 0 bridgehead atoms. The number of rotatable bonds is 6. The average molecular weight is 398 g/mol. The van der Waals surface area contributed by atoms with Gasteiger partial charge in [0.2, 0.25) is 0 Å².